The lowest BCUT2D eigenvalue weighted by Crippen LogP contribution is -2.21. The quantitative estimate of drug-likeness (QED) is 0.145. The number of fused-ring (bicyclic) bond motifs is 1. The van der Waals surface area contributed by atoms with E-state index in [1.54, 1.807) is 66.7 Å². The molecule has 1 unspecified atom stereocenters. The van der Waals surface area contributed by atoms with Crippen molar-refractivity contribution in [2.75, 3.05) is 13.2 Å². The van der Waals surface area contributed by atoms with Crippen molar-refractivity contribution in [2.45, 2.75) is 32.8 Å². The van der Waals surface area contributed by atoms with Gasteiger partial charge in [-0.3, -0.25) is 0 Å². The van der Waals surface area contributed by atoms with Gasteiger partial charge in [-0.25, -0.2) is 9.18 Å². The Morgan fingerprint density at radius 2 is 1.66 bits per heavy atom. The summed E-state index contributed by atoms with van der Waals surface area (Å²) in [5, 5.41) is 10.0. The summed E-state index contributed by atoms with van der Waals surface area (Å²) in [6, 6.07) is 25.3. The molecule has 0 saturated heterocycles. The van der Waals surface area contributed by atoms with Gasteiger partial charge < -0.3 is 29.4 Å². The maximum atomic E-state index is 13.3. The number of nitrogens with two attached hydrogens (primary N) is 1. The first-order valence-corrected chi connectivity index (χ1v) is 14.2. The summed E-state index contributed by atoms with van der Waals surface area (Å²) in [6.07, 6.45) is 0.882. The Kier molecular flexibility index (Phi) is 9.31. The SMILES string of the molecule is CCCOc1ccc(C(=O)Oc2ccc3c(c2)OC(N)=C(C#N)C3c2ccc(OCc3ccc(F)cc3)c(OCC)c2)cc1. The number of carbonyl (C=O) groups excluding carboxylic acids is 1. The molecule has 0 bridgehead atoms. The van der Waals surface area contributed by atoms with E-state index in [4.69, 9.17) is 29.4 Å². The normalized spacial score (nSPS) is 13.7. The summed E-state index contributed by atoms with van der Waals surface area (Å²) in [4.78, 5) is 12.8. The molecule has 44 heavy (non-hydrogen) atoms. The summed E-state index contributed by atoms with van der Waals surface area (Å²) in [5.41, 5.74) is 8.99. The van der Waals surface area contributed by atoms with E-state index in [9.17, 15) is 14.4 Å². The molecule has 0 amide bonds. The number of rotatable bonds is 11. The third-order valence-corrected chi connectivity index (χ3v) is 6.87. The maximum Gasteiger partial charge on any atom is 0.343 e. The van der Waals surface area contributed by atoms with Crippen LogP contribution in [0.25, 0.3) is 0 Å². The zero-order valence-corrected chi connectivity index (χ0v) is 24.3. The van der Waals surface area contributed by atoms with Gasteiger partial charge in [-0.15, -0.1) is 0 Å². The summed E-state index contributed by atoms with van der Waals surface area (Å²) in [5.74, 6) is 0.771. The summed E-state index contributed by atoms with van der Waals surface area (Å²) in [6.45, 7) is 5.06. The minimum Gasteiger partial charge on any atom is -0.494 e. The van der Waals surface area contributed by atoms with E-state index in [-0.39, 0.29) is 29.6 Å². The van der Waals surface area contributed by atoms with Gasteiger partial charge in [-0.05, 0) is 79.1 Å². The number of hydrogen-bond donors (Lipinski definition) is 1. The van der Waals surface area contributed by atoms with Crippen LogP contribution < -0.4 is 29.4 Å². The fourth-order valence-corrected chi connectivity index (χ4v) is 4.75. The monoisotopic (exact) mass is 594 g/mol. The van der Waals surface area contributed by atoms with Gasteiger partial charge in [0, 0.05) is 11.6 Å². The van der Waals surface area contributed by atoms with Gasteiger partial charge in [0.25, 0.3) is 0 Å². The Bertz CT molecular complexity index is 1710. The van der Waals surface area contributed by atoms with E-state index in [0.29, 0.717) is 47.3 Å². The van der Waals surface area contributed by atoms with Crippen LogP contribution in [-0.4, -0.2) is 19.2 Å². The standard InChI is InChI=1S/C35H31FN2O6/c1-3-17-41-26-12-7-23(8-13-26)35(39)43-27-14-15-28-31(19-27)44-34(38)29(20-37)33(28)24-9-16-30(32(18-24)40-4-2)42-21-22-5-10-25(36)11-6-22/h5-16,18-19,33H,3-4,17,21,38H2,1-2H3. The first-order valence-electron chi connectivity index (χ1n) is 14.2. The molecule has 224 valence electrons. The Balaban J connectivity index is 1.39. The molecule has 4 aromatic rings. The second-order valence-corrected chi connectivity index (χ2v) is 9.94. The number of nitrogens with zero attached hydrogens (tertiary/aromatic N) is 1. The zero-order chi connectivity index (χ0) is 31.1. The number of benzene rings is 4. The number of allylic oxidation sites excluding steroid dienone is 1. The lowest BCUT2D eigenvalue weighted by molar-refractivity contribution is 0.0734. The lowest BCUT2D eigenvalue weighted by Gasteiger charge is -2.27. The van der Waals surface area contributed by atoms with Crippen LogP contribution in [0.3, 0.4) is 0 Å². The minimum absolute atomic E-state index is 0.0502. The van der Waals surface area contributed by atoms with Gasteiger partial charge in [0.15, 0.2) is 11.5 Å². The highest BCUT2D eigenvalue weighted by Gasteiger charge is 2.32. The fraction of sp³-hybridized carbons (Fsp3) is 0.200. The Hall–Kier alpha value is -5.49. The molecule has 4 aromatic carbocycles. The van der Waals surface area contributed by atoms with Gasteiger partial charge in [0.2, 0.25) is 5.88 Å². The second kappa shape index (κ2) is 13.7. The van der Waals surface area contributed by atoms with Crippen LogP contribution in [0.15, 0.2) is 96.4 Å². The fourth-order valence-electron chi connectivity index (χ4n) is 4.75. The topological polar surface area (TPSA) is 113 Å². The molecule has 0 aliphatic carbocycles. The van der Waals surface area contributed by atoms with Crippen LogP contribution in [0.1, 0.15) is 53.2 Å². The van der Waals surface area contributed by atoms with Crippen LogP contribution in [0, 0.1) is 17.1 Å². The molecule has 9 heteroatoms. The van der Waals surface area contributed by atoms with Gasteiger partial charge in [0.05, 0.1) is 24.7 Å². The van der Waals surface area contributed by atoms with Crippen LogP contribution in [0.5, 0.6) is 28.7 Å². The molecule has 0 fully saturated rings. The van der Waals surface area contributed by atoms with Crippen molar-refractivity contribution in [2.24, 2.45) is 5.73 Å². The van der Waals surface area contributed by atoms with E-state index in [2.05, 4.69) is 6.07 Å². The van der Waals surface area contributed by atoms with Gasteiger partial charge >= 0.3 is 5.97 Å². The van der Waals surface area contributed by atoms with Crippen molar-refractivity contribution in [3.8, 4) is 34.8 Å². The molecular weight excluding hydrogens is 563 g/mol. The summed E-state index contributed by atoms with van der Waals surface area (Å²) in [7, 11) is 0. The van der Waals surface area contributed by atoms with Crippen LogP contribution >= 0.6 is 0 Å². The predicted octanol–water partition coefficient (Wildman–Crippen LogP) is 7.03. The van der Waals surface area contributed by atoms with E-state index in [1.807, 2.05) is 19.9 Å². The average Bonchev–Trinajstić information content (AvgIpc) is 3.03. The first kappa shape index (κ1) is 30.0. The molecular formula is C35H31FN2O6. The molecule has 1 aliphatic heterocycles. The highest BCUT2D eigenvalue weighted by molar-refractivity contribution is 5.91. The predicted molar refractivity (Wildman–Crippen MR) is 161 cm³/mol. The molecule has 0 radical (unpaired) electrons. The largest absolute Gasteiger partial charge is 0.494 e. The number of halogens is 1. The molecule has 1 heterocycles. The molecule has 2 N–H and O–H groups in total. The smallest absolute Gasteiger partial charge is 0.343 e. The number of carbonyl (C=O) groups is 1. The number of ether oxygens (including phenoxy) is 5. The van der Waals surface area contributed by atoms with Crippen LogP contribution in [0.2, 0.25) is 0 Å². The number of esters is 1. The van der Waals surface area contributed by atoms with Crippen LogP contribution in [-0.2, 0) is 6.61 Å². The van der Waals surface area contributed by atoms with E-state index >= 15 is 0 Å². The molecule has 1 aliphatic rings. The molecule has 0 spiro atoms. The van der Waals surface area contributed by atoms with E-state index in [1.165, 1.54) is 12.1 Å². The van der Waals surface area contributed by atoms with E-state index in [0.717, 1.165) is 17.5 Å². The summed E-state index contributed by atoms with van der Waals surface area (Å²) >= 11 is 0. The molecule has 5 rings (SSSR count). The third kappa shape index (κ3) is 6.76. The van der Waals surface area contributed by atoms with Crippen molar-refractivity contribution in [1.82, 2.24) is 0 Å². The lowest BCUT2D eigenvalue weighted by atomic mass is 9.83. The van der Waals surface area contributed by atoms with E-state index < -0.39 is 11.9 Å². The van der Waals surface area contributed by atoms with Gasteiger partial charge in [0.1, 0.15) is 41.3 Å². The van der Waals surface area contributed by atoms with Crippen LogP contribution in [0.4, 0.5) is 4.39 Å². The highest BCUT2D eigenvalue weighted by Crippen LogP contribution is 2.45. The Labute approximate surface area is 255 Å². The van der Waals surface area contributed by atoms with Crippen molar-refractivity contribution in [1.29, 1.82) is 5.26 Å². The maximum absolute atomic E-state index is 13.3. The number of hydrogen-bond acceptors (Lipinski definition) is 8. The van der Waals surface area contributed by atoms with Gasteiger partial charge in [-0.1, -0.05) is 31.2 Å². The van der Waals surface area contributed by atoms with Crippen molar-refractivity contribution < 1.29 is 32.9 Å². The summed E-state index contributed by atoms with van der Waals surface area (Å²) < 4.78 is 42.2. The van der Waals surface area contributed by atoms with Crippen molar-refractivity contribution in [3.05, 3.63) is 124 Å². The van der Waals surface area contributed by atoms with Gasteiger partial charge in [-0.2, -0.15) is 5.26 Å². The second-order valence-electron chi connectivity index (χ2n) is 9.94. The first-order chi connectivity index (χ1) is 21.4. The molecule has 8 nitrogen and oxygen atoms in total. The Morgan fingerprint density at radius 1 is 0.909 bits per heavy atom. The molecule has 0 aromatic heterocycles. The molecule has 1 atom stereocenters. The third-order valence-electron chi connectivity index (χ3n) is 6.87. The number of nitriles is 1. The average molecular weight is 595 g/mol. The zero-order valence-electron chi connectivity index (χ0n) is 24.3. The van der Waals surface area contributed by atoms with Crippen molar-refractivity contribution in [3.63, 3.8) is 0 Å². The van der Waals surface area contributed by atoms with Crippen molar-refractivity contribution >= 4 is 5.97 Å². The molecule has 0 saturated carbocycles. The minimum atomic E-state index is -0.575. The highest BCUT2D eigenvalue weighted by atomic mass is 19.1. The Morgan fingerprint density at radius 3 is 2.36 bits per heavy atom.